The molecule has 0 radical (unpaired) electrons. The minimum atomic E-state index is -1.15. The second-order valence-electron chi connectivity index (χ2n) is 2.42. The predicted octanol–water partition coefficient (Wildman–Crippen LogP) is -0.0401. The van der Waals surface area contributed by atoms with Crippen LogP contribution >= 0.6 is 0 Å². The van der Waals surface area contributed by atoms with Crippen molar-refractivity contribution in [2.45, 2.75) is 0 Å². The van der Waals surface area contributed by atoms with Crippen molar-refractivity contribution < 1.29 is 9.90 Å². The highest BCUT2D eigenvalue weighted by Crippen LogP contribution is 2.15. The molecule has 0 saturated carbocycles. The first-order valence-corrected chi connectivity index (χ1v) is 3.69. The van der Waals surface area contributed by atoms with Crippen molar-refractivity contribution in [1.29, 1.82) is 0 Å². The fourth-order valence-corrected chi connectivity index (χ4v) is 0.989. The Balaban J connectivity index is 2.52. The van der Waals surface area contributed by atoms with Gasteiger partial charge in [-0.3, -0.25) is 0 Å². The van der Waals surface area contributed by atoms with E-state index in [-0.39, 0.29) is 11.4 Å². The Bertz CT molecular complexity index is 452. The Kier molecular flexibility index (Phi) is 1.90. The number of H-pyrrole nitrogens is 1. The van der Waals surface area contributed by atoms with Gasteiger partial charge in [-0.2, -0.15) is 10.3 Å². The third-order valence-corrected chi connectivity index (χ3v) is 1.58. The molecule has 2 aromatic rings. The lowest BCUT2D eigenvalue weighted by atomic mass is 10.2. The fraction of sp³-hybridized carbons (Fsp3) is 0. The van der Waals surface area contributed by atoms with Crippen molar-refractivity contribution in [3.63, 3.8) is 0 Å². The highest BCUT2D eigenvalue weighted by atomic mass is 16.4. The van der Waals surface area contributed by atoms with Gasteiger partial charge in [0.15, 0.2) is 5.69 Å². The number of carbonyl (C=O) groups is 1. The molecule has 0 aliphatic heterocycles. The number of hydrogen-bond acceptors (Lipinski definition) is 5. The lowest BCUT2D eigenvalue weighted by Gasteiger charge is -1.93. The first kappa shape index (κ1) is 8.30. The zero-order chi connectivity index (χ0) is 9.97. The van der Waals surface area contributed by atoms with Gasteiger partial charge < -0.3 is 5.11 Å². The molecule has 14 heavy (non-hydrogen) atoms. The topological polar surface area (TPSA) is 105 Å². The van der Waals surface area contributed by atoms with E-state index in [2.05, 4.69) is 25.4 Å². The monoisotopic (exact) mass is 191 g/mol. The zero-order valence-corrected chi connectivity index (χ0v) is 6.88. The molecule has 0 unspecified atom stereocenters. The number of aromatic carboxylic acids is 1. The molecule has 7 heteroatoms. The molecule has 7 nitrogen and oxygen atoms in total. The molecule has 2 rings (SSSR count). The average molecular weight is 191 g/mol. The molecule has 0 bridgehead atoms. The smallest absolute Gasteiger partial charge is 0.358 e. The molecular formula is C7H5N5O2. The van der Waals surface area contributed by atoms with Gasteiger partial charge in [0.25, 0.3) is 0 Å². The molecule has 2 aromatic heterocycles. The van der Waals surface area contributed by atoms with Crippen LogP contribution in [0.2, 0.25) is 0 Å². The van der Waals surface area contributed by atoms with Crippen LogP contribution in [0.5, 0.6) is 0 Å². The summed E-state index contributed by atoms with van der Waals surface area (Å²) >= 11 is 0. The van der Waals surface area contributed by atoms with Gasteiger partial charge in [-0.05, 0) is 6.07 Å². The van der Waals surface area contributed by atoms with E-state index >= 15 is 0 Å². The number of hydrogen-bond donors (Lipinski definition) is 2. The van der Waals surface area contributed by atoms with E-state index in [0.29, 0.717) is 5.69 Å². The van der Waals surface area contributed by atoms with E-state index in [1.165, 1.54) is 12.5 Å². The van der Waals surface area contributed by atoms with Crippen LogP contribution in [-0.2, 0) is 0 Å². The SMILES string of the molecule is O=C(O)c1n[nH]nc1-c1ccncn1. The second kappa shape index (κ2) is 3.21. The second-order valence-corrected chi connectivity index (χ2v) is 2.42. The molecule has 2 N–H and O–H groups in total. The molecule has 0 aromatic carbocycles. The van der Waals surface area contributed by atoms with E-state index in [1.54, 1.807) is 6.07 Å². The summed E-state index contributed by atoms with van der Waals surface area (Å²) in [5.74, 6) is -1.15. The molecule has 0 spiro atoms. The summed E-state index contributed by atoms with van der Waals surface area (Å²) in [6.45, 7) is 0. The number of rotatable bonds is 2. The van der Waals surface area contributed by atoms with Crippen molar-refractivity contribution in [2.75, 3.05) is 0 Å². The Morgan fingerprint density at radius 3 is 2.93 bits per heavy atom. The maximum atomic E-state index is 10.7. The molecule has 70 valence electrons. The van der Waals surface area contributed by atoms with Crippen molar-refractivity contribution in [1.82, 2.24) is 25.4 Å². The molecule has 0 atom stereocenters. The first-order chi connectivity index (χ1) is 6.79. The summed E-state index contributed by atoms with van der Waals surface area (Å²) in [5, 5.41) is 18.2. The van der Waals surface area contributed by atoms with Crippen LogP contribution in [-0.4, -0.2) is 36.5 Å². The van der Waals surface area contributed by atoms with Crippen molar-refractivity contribution >= 4 is 5.97 Å². The fourth-order valence-electron chi connectivity index (χ4n) is 0.989. The maximum Gasteiger partial charge on any atom is 0.358 e. The maximum absolute atomic E-state index is 10.7. The van der Waals surface area contributed by atoms with E-state index in [4.69, 9.17) is 5.11 Å². The highest BCUT2D eigenvalue weighted by Gasteiger charge is 2.17. The highest BCUT2D eigenvalue weighted by molar-refractivity contribution is 5.91. The summed E-state index contributed by atoms with van der Waals surface area (Å²) in [6.07, 6.45) is 2.82. The molecule has 0 aliphatic carbocycles. The number of aromatic nitrogens is 5. The minimum absolute atomic E-state index is 0.149. The van der Waals surface area contributed by atoms with E-state index in [0.717, 1.165) is 0 Å². The Hall–Kier alpha value is -2.31. The van der Waals surface area contributed by atoms with Crippen LogP contribution in [0.15, 0.2) is 18.6 Å². The van der Waals surface area contributed by atoms with Crippen LogP contribution in [0.25, 0.3) is 11.4 Å². The molecule has 0 aliphatic rings. The number of carboxylic acids is 1. The summed E-state index contributed by atoms with van der Waals surface area (Å²) in [5.41, 5.74) is 0.481. The van der Waals surface area contributed by atoms with Crippen molar-refractivity contribution in [2.24, 2.45) is 0 Å². The molecule has 0 amide bonds. The van der Waals surface area contributed by atoms with E-state index in [9.17, 15) is 4.79 Å². The van der Waals surface area contributed by atoms with E-state index in [1.807, 2.05) is 0 Å². The van der Waals surface area contributed by atoms with Crippen molar-refractivity contribution in [3.8, 4) is 11.4 Å². The summed E-state index contributed by atoms with van der Waals surface area (Å²) in [7, 11) is 0. The lowest BCUT2D eigenvalue weighted by molar-refractivity contribution is 0.0691. The number of nitrogens with zero attached hydrogens (tertiary/aromatic N) is 4. The van der Waals surface area contributed by atoms with Crippen LogP contribution in [0.3, 0.4) is 0 Å². The molecule has 0 saturated heterocycles. The first-order valence-electron chi connectivity index (χ1n) is 3.69. The van der Waals surface area contributed by atoms with Crippen LogP contribution < -0.4 is 0 Å². The summed E-state index contributed by atoms with van der Waals surface area (Å²) in [4.78, 5) is 18.3. The number of aromatic amines is 1. The number of carboxylic acid groups (broad SMARTS) is 1. The quantitative estimate of drug-likeness (QED) is 0.690. The van der Waals surface area contributed by atoms with E-state index < -0.39 is 5.97 Å². The van der Waals surface area contributed by atoms with Gasteiger partial charge in [0.2, 0.25) is 0 Å². The van der Waals surface area contributed by atoms with Crippen LogP contribution in [0.4, 0.5) is 0 Å². The van der Waals surface area contributed by atoms with Crippen LogP contribution in [0.1, 0.15) is 10.5 Å². The van der Waals surface area contributed by atoms with Gasteiger partial charge in [0.05, 0.1) is 5.69 Å². The van der Waals surface area contributed by atoms with Gasteiger partial charge >= 0.3 is 5.97 Å². The Morgan fingerprint density at radius 1 is 1.43 bits per heavy atom. The minimum Gasteiger partial charge on any atom is -0.476 e. The van der Waals surface area contributed by atoms with Gasteiger partial charge in [-0.1, -0.05) is 0 Å². The number of nitrogens with one attached hydrogen (secondary N) is 1. The lowest BCUT2D eigenvalue weighted by Crippen LogP contribution is -2.00. The zero-order valence-electron chi connectivity index (χ0n) is 6.88. The molecule has 2 heterocycles. The van der Waals surface area contributed by atoms with Crippen LogP contribution in [0, 0.1) is 0 Å². The Labute approximate surface area is 77.8 Å². The summed E-state index contributed by atoms with van der Waals surface area (Å²) < 4.78 is 0. The average Bonchev–Trinajstić information content (AvgIpc) is 2.67. The summed E-state index contributed by atoms with van der Waals surface area (Å²) in [6, 6.07) is 1.56. The van der Waals surface area contributed by atoms with Gasteiger partial charge in [0.1, 0.15) is 12.0 Å². The third-order valence-electron chi connectivity index (χ3n) is 1.58. The normalized spacial score (nSPS) is 10.0. The standard InChI is InChI=1S/C7H5N5O2/c13-7(14)6-5(10-12-11-6)4-1-2-8-3-9-4/h1-3H,(H,13,14)(H,10,11,12). The largest absolute Gasteiger partial charge is 0.476 e. The molecule has 0 fully saturated rings. The third kappa shape index (κ3) is 1.30. The van der Waals surface area contributed by atoms with Crippen molar-refractivity contribution in [3.05, 3.63) is 24.3 Å². The Morgan fingerprint density at radius 2 is 2.29 bits per heavy atom. The van der Waals surface area contributed by atoms with Gasteiger partial charge in [-0.25, -0.2) is 14.8 Å². The van der Waals surface area contributed by atoms with Gasteiger partial charge in [-0.15, -0.1) is 5.10 Å². The predicted molar refractivity (Wildman–Crippen MR) is 44.4 cm³/mol. The van der Waals surface area contributed by atoms with Gasteiger partial charge in [0, 0.05) is 6.20 Å². The molecular weight excluding hydrogens is 186 g/mol.